The third-order valence-corrected chi connectivity index (χ3v) is 10.2. The van der Waals surface area contributed by atoms with Gasteiger partial charge in [-0.05, 0) is 89.6 Å². The zero-order valence-corrected chi connectivity index (χ0v) is 26.2. The smallest absolute Gasteiger partial charge is 0.189 e. The molecule has 0 radical (unpaired) electrons. The van der Waals surface area contributed by atoms with E-state index in [1.54, 1.807) is 28.4 Å². The summed E-state index contributed by atoms with van der Waals surface area (Å²) >= 11 is 0. The highest BCUT2D eigenvalue weighted by atomic mass is 16.5. The van der Waals surface area contributed by atoms with Crippen LogP contribution in [0.3, 0.4) is 0 Å². The molecule has 1 unspecified atom stereocenters. The van der Waals surface area contributed by atoms with Crippen LogP contribution in [0, 0.1) is 5.41 Å². The summed E-state index contributed by atoms with van der Waals surface area (Å²) < 4.78 is 22.4. The van der Waals surface area contributed by atoms with Gasteiger partial charge in [-0.1, -0.05) is 36.4 Å². The second-order valence-corrected chi connectivity index (χ2v) is 12.3. The van der Waals surface area contributed by atoms with Crippen molar-refractivity contribution < 1.29 is 28.5 Å². The van der Waals surface area contributed by atoms with Gasteiger partial charge >= 0.3 is 0 Å². The van der Waals surface area contributed by atoms with Gasteiger partial charge in [-0.3, -0.25) is 14.9 Å². The zero-order chi connectivity index (χ0) is 31.5. The average molecular weight is 604 g/mol. The van der Waals surface area contributed by atoms with Crippen molar-refractivity contribution in [1.82, 2.24) is 5.32 Å². The van der Waals surface area contributed by atoms with E-state index >= 15 is 9.59 Å². The summed E-state index contributed by atoms with van der Waals surface area (Å²) in [6.07, 6.45) is 3.83. The molecule has 1 aliphatic heterocycles. The Labute approximate surface area is 263 Å². The van der Waals surface area contributed by atoms with Gasteiger partial charge in [0.2, 0.25) is 0 Å². The van der Waals surface area contributed by atoms with E-state index in [1.807, 2.05) is 78.9 Å². The molecule has 1 N–H and O–H groups in total. The van der Waals surface area contributed by atoms with Crippen molar-refractivity contribution in [2.75, 3.05) is 28.4 Å². The van der Waals surface area contributed by atoms with Gasteiger partial charge in [0.25, 0.3) is 0 Å². The van der Waals surface area contributed by atoms with E-state index in [2.05, 4.69) is 12.2 Å². The molecule has 45 heavy (non-hydrogen) atoms. The number of benzene rings is 4. The molecule has 7 rings (SSSR count). The van der Waals surface area contributed by atoms with Crippen LogP contribution in [0.1, 0.15) is 59.2 Å². The molecule has 7 nitrogen and oxygen atoms in total. The topological polar surface area (TPSA) is 83.1 Å². The second kappa shape index (κ2) is 10.8. The Morgan fingerprint density at radius 1 is 0.778 bits per heavy atom. The van der Waals surface area contributed by atoms with Crippen LogP contribution in [0.5, 0.6) is 23.0 Å². The summed E-state index contributed by atoms with van der Waals surface area (Å²) in [4.78, 5) is 30.5. The summed E-state index contributed by atoms with van der Waals surface area (Å²) in [5, 5.41) is 5.72. The van der Waals surface area contributed by atoms with Gasteiger partial charge in [0.1, 0.15) is 28.5 Å². The first kappa shape index (κ1) is 29.1. The molecule has 4 atom stereocenters. The minimum atomic E-state index is -1.25. The van der Waals surface area contributed by atoms with E-state index in [9.17, 15) is 0 Å². The van der Waals surface area contributed by atoms with Crippen molar-refractivity contribution in [2.24, 2.45) is 5.41 Å². The molecule has 230 valence electrons. The van der Waals surface area contributed by atoms with Crippen molar-refractivity contribution in [2.45, 2.75) is 43.7 Å². The van der Waals surface area contributed by atoms with Gasteiger partial charge in [-0.15, -0.1) is 0 Å². The third-order valence-electron chi connectivity index (χ3n) is 10.2. The fraction of sp³-hybridized carbons (Fsp3) is 0.316. The molecule has 1 saturated carbocycles. The Balaban J connectivity index is 1.50. The van der Waals surface area contributed by atoms with Crippen LogP contribution in [0.25, 0.3) is 16.8 Å². The summed E-state index contributed by atoms with van der Waals surface area (Å²) in [7, 11) is 6.47. The number of hydrogen-bond acceptors (Lipinski definition) is 7. The Morgan fingerprint density at radius 2 is 1.38 bits per heavy atom. The number of Topliss-reactive ketones (excluding diaryl/α,β-unsaturated/α-hetero) is 2. The summed E-state index contributed by atoms with van der Waals surface area (Å²) in [5.41, 5.74) is 1.55. The molecule has 0 bridgehead atoms. The Kier molecular flexibility index (Phi) is 6.97. The van der Waals surface area contributed by atoms with Crippen molar-refractivity contribution >= 4 is 28.4 Å². The Morgan fingerprint density at radius 3 is 2.00 bits per heavy atom. The number of hydrogen-bond donors (Lipinski definition) is 1. The first-order chi connectivity index (χ1) is 21.8. The van der Waals surface area contributed by atoms with Crippen LogP contribution in [-0.2, 0) is 10.3 Å². The predicted molar refractivity (Wildman–Crippen MR) is 174 cm³/mol. The molecule has 2 fully saturated rings. The summed E-state index contributed by atoms with van der Waals surface area (Å²) in [6.45, 7) is 2.09. The predicted octanol–water partition coefficient (Wildman–Crippen LogP) is 6.86. The first-order valence-corrected chi connectivity index (χ1v) is 15.4. The van der Waals surface area contributed by atoms with E-state index in [0.29, 0.717) is 47.0 Å². The number of carbonyl (C=O) groups excluding carboxylic acids is 2. The van der Waals surface area contributed by atoms with Crippen molar-refractivity contribution in [3.63, 3.8) is 0 Å². The molecule has 4 aromatic carbocycles. The lowest BCUT2D eigenvalue weighted by molar-refractivity contribution is -0.130. The number of allylic oxidation sites excluding steroid dienone is 1. The molecule has 4 aromatic rings. The maximum absolute atomic E-state index is 15.5. The van der Waals surface area contributed by atoms with Gasteiger partial charge in [-0.2, -0.15) is 0 Å². The Bertz CT molecular complexity index is 1850. The molecule has 0 aromatic heterocycles. The summed E-state index contributed by atoms with van der Waals surface area (Å²) in [6, 6.07) is 23.1. The highest BCUT2D eigenvalue weighted by molar-refractivity contribution is 6.24. The normalized spacial score (nSPS) is 26.3. The lowest BCUT2D eigenvalue weighted by atomic mass is 9.52. The van der Waals surface area contributed by atoms with Crippen molar-refractivity contribution in [1.29, 1.82) is 0 Å². The number of carbonyl (C=O) groups is 2. The van der Waals surface area contributed by atoms with Gasteiger partial charge in [0.05, 0.1) is 33.9 Å². The molecular formula is C38H37NO6. The largest absolute Gasteiger partial charge is 0.497 e. The number of ketones is 2. The quantitative estimate of drug-likeness (QED) is 0.241. The van der Waals surface area contributed by atoms with E-state index < -0.39 is 11.0 Å². The standard InChI is InChI=1S/C38H37NO6/c1-22-34(26-18-29(44-4)21-30(19-26)45-5)37(38(39-22)32-13-7-10-24-9-6-12-31(33(24)32)36(38)41)14-8-11-25(35(37)40)15-23-16-27(42-2)20-28(17-23)43-3/h6-7,9-10,12-13,15-22,34,39H,8,11,14H2,1-5H3/b25-15+/t22?,34-,37+,38+/m1/s1. The third kappa shape index (κ3) is 4.06. The Hall–Kier alpha value is -4.62. The number of fused-ring (bicyclic) bond motifs is 2. The van der Waals surface area contributed by atoms with E-state index in [1.165, 1.54) is 0 Å². The molecule has 7 heteroatoms. The lowest BCUT2D eigenvalue weighted by Crippen LogP contribution is -2.59. The monoisotopic (exact) mass is 603 g/mol. The van der Waals surface area contributed by atoms with Gasteiger partial charge in [0.15, 0.2) is 11.6 Å². The number of ether oxygens (including phenoxy) is 4. The first-order valence-electron chi connectivity index (χ1n) is 15.4. The number of rotatable bonds is 6. The lowest BCUT2D eigenvalue weighted by Gasteiger charge is -2.47. The number of methoxy groups -OCH3 is 4. The summed E-state index contributed by atoms with van der Waals surface area (Å²) in [5.74, 6) is 2.14. The van der Waals surface area contributed by atoms with Gasteiger partial charge < -0.3 is 18.9 Å². The molecule has 1 saturated heterocycles. The molecule has 3 aliphatic rings. The van der Waals surface area contributed by atoms with Crippen LogP contribution >= 0.6 is 0 Å². The van der Waals surface area contributed by atoms with Crippen molar-refractivity contribution in [3.05, 3.63) is 101 Å². The minimum absolute atomic E-state index is 0.0164. The number of nitrogens with one attached hydrogen (secondary N) is 1. The molecule has 2 spiro atoms. The fourth-order valence-electron chi connectivity index (χ4n) is 8.53. The van der Waals surface area contributed by atoms with Crippen molar-refractivity contribution in [3.8, 4) is 23.0 Å². The maximum Gasteiger partial charge on any atom is 0.189 e. The van der Waals surface area contributed by atoms with E-state index in [4.69, 9.17) is 18.9 Å². The SMILES string of the molecule is COc1cc(/C=C2\CCC[C@@]3(C2=O)[C@@H](c2cc(OC)cc(OC)c2)C(C)N[C@@]32C(=O)c3cccc4cccc2c34)cc(OC)c1. The van der Waals surface area contributed by atoms with Gasteiger partial charge in [-0.25, -0.2) is 0 Å². The maximum atomic E-state index is 15.5. The van der Waals surface area contributed by atoms with Crippen LogP contribution in [0.15, 0.2) is 78.4 Å². The zero-order valence-electron chi connectivity index (χ0n) is 26.2. The molecule has 0 amide bonds. The minimum Gasteiger partial charge on any atom is -0.497 e. The molecule has 1 heterocycles. The van der Waals surface area contributed by atoms with E-state index in [0.717, 1.165) is 33.9 Å². The van der Waals surface area contributed by atoms with Crippen LogP contribution < -0.4 is 24.3 Å². The highest BCUT2D eigenvalue weighted by Crippen LogP contribution is 2.66. The van der Waals surface area contributed by atoms with Crippen LogP contribution in [0.4, 0.5) is 0 Å². The second-order valence-electron chi connectivity index (χ2n) is 12.3. The fourth-order valence-corrected chi connectivity index (χ4v) is 8.53. The van der Waals surface area contributed by atoms with Crippen LogP contribution in [0.2, 0.25) is 0 Å². The van der Waals surface area contributed by atoms with Crippen LogP contribution in [-0.4, -0.2) is 46.0 Å². The molecule has 2 aliphatic carbocycles. The molecular weight excluding hydrogens is 566 g/mol. The van der Waals surface area contributed by atoms with Gasteiger partial charge in [0, 0.05) is 29.7 Å². The highest BCUT2D eigenvalue weighted by Gasteiger charge is 2.73. The van der Waals surface area contributed by atoms with E-state index in [-0.39, 0.29) is 23.5 Å². The average Bonchev–Trinajstić information content (AvgIpc) is 3.47.